The Balaban J connectivity index is 1.87. The Kier molecular flexibility index (Phi) is 7.74. The van der Waals surface area contributed by atoms with Gasteiger partial charge in [0.25, 0.3) is 11.7 Å². The number of hydrogen-bond donors (Lipinski definition) is 1. The fourth-order valence-electron chi connectivity index (χ4n) is 4.23. The molecule has 1 atom stereocenters. The number of methoxy groups -OCH3 is 1. The van der Waals surface area contributed by atoms with E-state index in [1.165, 1.54) is 4.90 Å². The molecule has 1 aliphatic heterocycles. The summed E-state index contributed by atoms with van der Waals surface area (Å²) >= 11 is 6.22. The molecule has 1 aliphatic rings. The van der Waals surface area contributed by atoms with Crippen LogP contribution in [0.5, 0.6) is 17.2 Å². The third-order valence-electron chi connectivity index (χ3n) is 5.87. The highest BCUT2D eigenvalue weighted by atomic mass is 35.5. The Labute approximate surface area is 220 Å². The Morgan fingerprint density at radius 3 is 2.24 bits per heavy atom. The predicted octanol–water partition coefficient (Wildman–Crippen LogP) is 6.16. The summed E-state index contributed by atoms with van der Waals surface area (Å²) < 4.78 is 16.5. The number of halogens is 1. The lowest BCUT2D eigenvalue weighted by molar-refractivity contribution is -0.132. The average Bonchev–Trinajstić information content (AvgIpc) is 3.15. The molecule has 3 aromatic rings. The molecular weight excluding hydrogens is 494 g/mol. The number of aliphatic hydroxyl groups is 1. The van der Waals surface area contributed by atoms with E-state index in [1.54, 1.807) is 73.8 Å². The molecule has 0 bridgehead atoms. The molecule has 0 aromatic heterocycles. The zero-order valence-electron chi connectivity index (χ0n) is 21.0. The smallest absolute Gasteiger partial charge is 0.300 e. The SMILES string of the molecule is CCOc1cc(/C(O)=C2/C(=O)C(=O)N(c3ccc(OC(C)C)cc3)C2c2ccc(OC)cc2)ccc1Cl. The van der Waals surface area contributed by atoms with Crippen LogP contribution in [0.4, 0.5) is 5.69 Å². The van der Waals surface area contributed by atoms with Gasteiger partial charge < -0.3 is 19.3 Å². The number of aliphatic hydroxyl groups excluding tert-OH is 1. The topological polar surface area (TPSA) is 85.3 Å². The molecule has 0 spiro atoms. The predicted molar refractivity (Wildman–Crippen MR) is 143 cm³/mol. The molecule has 8 heteroatoms. The average molecular weight is 522 g/mol. The first kappa shape index (κ1) is 26.1. The van der Waals surface area contributed by atoms with Crippen LogP contribution in [0.25, 0.3) is 5.76 Å². The maximum absolute atomic E-state index is 13.4. The highest BCUT2D eigenvalue weighted by Crippen LogP contribution is 2.43. The highest BCUT2D eigenvalue weighted by Gasteiger charge is 2.47. The number of anilines is 1. The number of benzene rings is 3. The van der Waals surface area contributed by atoms with E-state index in [4.69, 9.17) is 25.8 Å². The third-order valence-corrected chi connectivity index (χ3v) is 6.18. The number of Topliss-reactive ketones (excluding diaryl/α,β-unsaturated/α-hetero) is 1. The van der Waals surface area contributed by atoms with Crippen LogP contribution in [0.3, 0.4) is 0 Å². The van der Waals surface area contributed by atoms with Crippen molar-refractivity contribution in [1.82, 2.24) is 0 Å². The number of nitrogens with zero attached hydrogens (tertiary/aromatic N) is 1. The molecule has 0 saturated carbocycles. The van der Waals surface area contributed by atoms with Crippen molar-refractivity contribution in [3.8, 4) is 17.2 Å². The van der Waals surface area contributed by atoms with Gasteiger partial charge in [0.15, 0.2) is 0 Å². The quantitative estimate of drug-likeness (QED) is 0.217. The lowest BCUT2D eigenvalue weighted by Gasteiger charge is -2.26. The molecule has 37 heavy (non-hydrogen) atoms. The normalized spacial score (nSPS) is 16.8. The first-order valence-electron chi connectivity index (χ1n) is 11.9. The second-order valence-corrected chi connectivity index (χ2v) is 9.09. The first-order chi connectivity index (χ1) is 17.7. The summed E-state index contributed by atoms with van der Waals surface area (Å²) in [5.41, 5.74) is 1.39. The van der Waals surface area contributed by atoms with E-state index in [-0.39, 0.29) is 17.4 Å². The molecule has 4 rings (SSSR count). The fourth-order valence-corrected chi connectivity index (χ4v) is 4.40. The number of hydrogen-bond acceptors (Lipinski definition) is 6. The molecule has 0 aliphatic carbocycles. The van der Waals surface area contributed by atoms with Crippen LogP contribution >= 0.6 is 11.6 Å². The van der Waals surface area contributed by atoms with Gasteiger partial charge in [0.05, 0.1) is 36.5 Å². The molecular formula is C29H28ClNO6. The molecule has 1 amide bonds. The minimum atomic E-state index is -0.881. The van der Waals surface area contributed by atoms with Crippen molar-refractivity contribution in [1.29, 1.82) is 0 Å². The highest BCUT2D eigenvalue weighted by molar-refractivity contribution is 6.51. The Morgan fingerprint density at radius 2 is 1.65 bits per heavy atom. The summed E-state index contributed by atoms with van der Waals surface area (Å²) in [5.74, 6) is -0.244. The van der Waals surface area contributed by atoms with Gasteiger partial charge in [0.2, 0.25) is 0 Å². The number of carbonyl (C=O) groups is 2. The van der Waals surface area contributed by atoms with Crippen LogP contribution in [0.15, 0.2) is 72.3 Å². The molecule has 1 heterocycles. The van der Waals surface area contributed by atoms with Crippen molar-refractivity contribution in [2.45, 2.75) is 32.9 Å². The van der Waals surface area contributed by atoms with Gasteiger partial charge in [-0.25, -0.2) is 0 Å². The van der Waals surface area contributed by atoms with Gasteiger partial charge in [-0.05, 0) is 80.9 Å². The van der Waals surface area contributed by atoms with Crippen LogP contribution in [0.2, 0.25) is 5.02 Å². The number of amides is 1. The van der Waals surface area contributed by atoms with Gasteiger partial charge in [0.1, 0.15) is 23.0 Å². The van der Waals surface area contributed by atoms with Crippen molar-refractivity contribution in [3.63, 3.8) is 0 Å². The maximum atomic E-state index is 13.4. The number of carbonyl (C=O) groups excluding carboxylic acids is 2. The summed E-state index contributed by atoms with van der Waals surface area (Å²) in [6.07, 6.45) is -0.0136. The maximum Gasteiger partial charge on any atom is 0.300 e. The van der Waals surface area contributed by atoms with Gasteiger partial charge >= 0.3 is 0 Å². The van der Waals surface area contributed by atoms with Gasteiger partial charge in [-0.1, -0.05) is 23.7 Å². The van der Waals surface area contributed by atoms with E-state index in [1.807, 2.05) is 20.8 Å². The Hall–Kier alpha value is -3.97. The van der Waals surface area contributed by atoms with Crippen molar-refractivity contribution in [2.24, 2.45) is 0 Å². The number of rotatable bonds is 8. The van der Waals surface area contributed by atoms with Crippen LogP contribution < -0.4 is 19.1 Å². The Bertz CT molecular complexity index is 1330. The van der Waals surface area contributed by atoms with Crippen molar-refractivity contribution in [3.05, 3.63) is 88.5 Å². The summed E-state index contributed by atoms with van der Waals surface area (Å²) in [6, 6.07) is 17.8. The van der Waals surface area contributed by atoms with E-state index in [2.05, 4.69) is 0 Å². The molecule has 1 unspecified atom stereocenters. The van der Waals surface area contributed by atoms with Crippen molar-refractivity contribution in [2.75, 3.05) is 18.6 Å². The zero-order valence-corrected chi connectivity index (χ0v) is 21.8. The second kappa shape index (κ2) is 11.0. The van der Waals surface area contributed by atoms with Crippen LogP contribution in [0, 0.1) is 0 Å². The Morgan fingerprint density at radius 1 is 1.00 bits per heavy atom. The molecule has 0 radical (unpaired) electrons. The number of ketones is 1. The van der Waals surface area contributed by atoms with E-state index >= 15 is 0 Å². The standard InChI is InChI=1S/C29H28ClNO6/c1-5-36-24-16-19(8-15-23(24)30)27(32)25-26(18-6-11-21(35-4)12-7-18)31(29(34)28(25)33)20-9-13-22(14-10-20)37-17(2)3/h6-17,26,32H,5H2,1-4H3/b27-25-. The summed E-state index contributed by atoms with van der Waals surface area (Å²) in [5, 5.41) is 11.7. The van der Waals surface area contributed by atoms with Crippen molar-refractivity contribution >= 4 is 34.7 Å². The van der Waals surface area contributed by atoms with Gasteiger partial charge in [0, 0.05) is 11.3 Å². The molecule has 1 fully saturated rings. The van der Waals surface area contributed by atoms with Crippen molar-refractivity contribution < 1.29 is 28.9 Å². The van der Waals surface area contributed by atoms with Gasteiger partial charge in [-0.3, -0.25) is 14.5 Å². The number of ether oxygens (including phenoxy) is 3. The molecule has 7 nitrogen and oxygen atoms in total. The second-order valence-electron chi connectivity index (χ2n) is 8.68. The molecule has 1 saturated heterocycles. The van der Waals surface area contributed by atoms with Crippen LogP contribution in [-0.4, -0.2) is 36.6 Å². The lowest BCUT2D eigenvalue weighted by atomic mass is 9.95. The van der Waals surface area contributed by atoms with E-state index < -0.39 is 17.7 Å². The third kappa shape index (κ3) is 5.27. The molecule has 192 valence electrons. The first-order valence-corrected chi connectivity index (χ1v) is 12.3. The summed E-state index contributed by atoms with van der Waals surface area (Å²) in [7, 11) is 1.55. The minimum absolute atomic E-state index is 0.0136. The largest absolute Gasteiger partial charge is 0.507 e. The lowest BCUT2D eigenvalue weighted by Crippen LogP contribution is -2.29. The van der Waals surface area contributed by atoms with Crippen LogP contribution in [0.1, 0.15) is 37.9 Å². The van der Waals surface area contributed by atoms with E-state index in [0.717, 1.165) is 0 Å². The van der Waals surface area contributed by atoms with Crippen LogP contribution in [-0.2, 0) is 9.59 Å². The molecule has 1 N–H and O–H groups in total. The fraction of sp³-hybridized carbons (Fsp3) is 0.241. The van der Waals surface area contributed by atoms with Gasteiger partial charge in [-0.2, -0.15) is 0 Å². The minimum Gasteiger partial charge on any atom is -0.507 e. The van der Waals surface area contributed by atoms with E-state index in [9.17, 15) is 14.7 Å². The zero-order chi connectivity index (χ0) is 26.7. The summed E-state index contributed by atoms with van der Waals surface area (Å²) in [4.78, 5) is 28.1. The monoisotopic (exact) mass is 521 g/mol. The summed E-state index contributed by atoms with van der Waals surface area (Å²) in [6.45, 7) is 6.03. The van der Waals surface area contributed by atoms with E-state index in [0.29, 0.717) is 45.7 Å². The molecule has 3 aromatic carbocycles. The van der Waals surface area contributed by atoms with Gasteiger partial charge in [-0.15, -0.1) is 0 Å².